The third kappa shape index (κ3) is 3.11. The number of rotatable bonds is 4. The summed E-state index contributed by atoms with van der Waals surface area (Å²) in [7, 11) is 0. The zero-order valence-corrected chi connectivity index (χ0v) is 11.9. The van der Waals surface area contributed by atoms with Crippen LogP contribution in [0.25, 0.3) is 10.2 Å². The fraction of sp³-hybridized carbons (Fsp3) is 0.0667. The maximum absolute atomic E-state index is 11.9. The van der Waals surface area contributed by atoms with E-state index in [1.54, 1.807) is 18.2 Å². The number of para-hydroxylation sites is 3. The number of nitrogens with two attached hydrogens (primary N) is 1. The van der Waals surface area contributed by atoms with E-state index in [1.807, 2.05) is 30.3 Å². The third-order valence-electron chi connectivity index (χ3n) is 2.82. The lowest BCUT2D eigenvalue weighted by Crippen LogP contribution is -2.20. The molecule has 2 aromatic carbocycles. The number of carbonyl (C=O) groups excluding carboxylic acids is 1. The fourth-order valence-corrected chi connectivity index (χ4v) is 2.72. The number of hydrogen-bond donors (Lipinski definition) is 2. The molecule has 3 aromatic rings. The smallest absolute Gasteiger partial charge is 0.264 e. The molecule has 0 atom stereocenters. The van der Waals surface area contributed by atoms with E-state index in [-0.39, 0.29) is 12.5 Å². The van der Waals surface area contributed by atoms with Crippen molar-refractivity contribution in [2.24, 2.45) is 0 Å². The molecule has 0 spiro atoms. The number of nitrogen functional groups attached to an aromatic ring is 1. The van der Waals surface area contributed by atoms with Gasteiger partial charge >= 0.3 is 0 Å². The van der Waals surface area contributed by atoms with Crippen LogP contribution in [0.4, 0.5) is 10.8 Å². The Balaban J connectivity index is 1.62. The highest BCUT2D eigenvalue weighted by Gasteiger charge is 2.09. The highest BCUT2D eigenvalue weighted by molar-refractivity contribution is 7.22. The molecule has 3 N–H and O–H groups in total. The van der Waals surface area contributed by atoms with Crippen LogP contribution in [0, 0.1) is 0 Å². The highest BCUT2D eigenvalue weighted by Crippen LogP contribution is 2.25. The summed E-state index contributed by atoms with van der Waals surface area (Å²) in [5, 5.41) is 3.28. The molecule has 0 saturated carbocycles. The van der Waals surface area contributed by atoms with E-state index in [0.717, 1.165) is 10.2 Å². The first-order valence-electron chi connectivity index (χ1n) is 6.35. The largest absolute Gasteiger partial charge is 0.482 e. The van der Waals surface area contributed by atoms with Gasteiger partial charge in [0.25, 0.3) is 5.91 Å². The first kappa shape index (κ1) is 13.4. The van der Waals surface area contributed by atoms with E-state index in [1.165, 1.54) is 11.3 Å². The topological polar surface area (TPSA) is 77.2 Å². The average molecular weight is 299 g/mol. The Morgan fingerprint density at radius 3 is 2.76 bits per heavy atom. The molecule has 0 fully saturated rings. The van der Waals surface area contributed by atoms with Crippen molar-refractivity contribution in [3.8, 4) is 5.75 Å². The van der Waals surface area contributed by atoms with Gasteiger partial charge in [0.05, 0.1) is 15.9 Å². The summed E-state index contributed by atoms with van der Waals surface area (Å²) in [6, 6.07) is 14.8. The predicted molar refractivity (Wildman–Crippen MR) is 84.6 cm³/mol. The van der Waals surface area contributed by atoms with Crippen LogP contribution in [0.1, 0.15) is 0 Å². The SMILES string of the molecule is Nc1ccccc1OCC(=O)Nc1nc2ccccc2s1. The second-order valence-corrected chi connectivity index (χ2v) is 5.39. The third-order valence-corrected chi connectivity index (χ3v) is 3.77. The summed E-state index contributed by atoms with van der Waals surface area (Å²) in [6.45, 7) is -0.107. The number of amides is 1. The quantitative estimate of drug-likeness (QED) is 0.726. The number of thiazole rings is 1. The molecule has 0 aliphatic rings. The number of benzene rings is 2. The van der Waals surface area contributed by atoms with Gasteiger partial charge in [0.2, 0.25) is 0 Å². The Hall–Kier alpha value is -2.60. The van der Waals surface area contributed by atoms with Crippen LogP contribution in [0.15, 0.2) is 48.5 Å². The van der Waals surface area contributed by atoms with Crippen molar-refractivity contribution in [2.75, 3.05) is 17.7 Å². The van der Waals surface area contributed by atoms with Gasteiger partial charge in [-0.25, -0.2) is 4.98 Å². The van der Waals surface area contributed by atoms with Crippen LogP contribution in [0.2, 0.25) is 0 Å². The van der Waals surface area contributed by atoms with E-state index < -0.39 is 0 Å². The summed E-state index contributed by atoms with van der Waals surface area (Å²) in [4.78, 5) is 16.2. The second-order valence-electron chi connectivity index (χ2n) is 4.36. The number of carbonyl (C=O) groups is 1. The van der Waals surface area contributed by atoms with Gasteiger partial charge in [-0.05, 0) is 24.3 Å². The normalized spacial score (nSPS) is 10.5. The molecule has 6 heteroatoms. The van der Waals surface area contributed by atoms with Gasteiger partial charge in [0, 0.05) is 0 Å². The maximum Gasteiger partial charge on any atom is 0.264 e. The minimum atomic E-state index is -0.266. The Bertz CT molecular complexity index is 752. The lowest BCUT2D eigenvalue weighted by molar-refractivity contribution is -0.118. The van der Waals surface area contributed by atoms with Gasteiger partial charge < -0.3 is 10.5 Å². The second kappa shape index (κ2) is 5.80. The molecule has 5 nitrogen and oxygen atoms in total. The molecule has 0 saturated heterocycles. The Morgan fingerprint density at radius 1 is 1.19 bits per heavy atom. The van der Waals surface area contributed by atoms with Crippen molar-refractivity contribution < 1.29 is 9.53 Å². The van der Waals surface area contributed by atoms with E-state index in [0.29, 0.717) is 16.6 Å². The lowest BCUT2D eigenvalue weighted by Gasteiger charge is -2.07. The van der Waals surface area contributed by atoms with Crippen molar-refractivity contribution in [2.45, 2.75) is 0 Å². The minimum absolute atomic E-state index is 0.107. The Kier molecular flexibility index (Phi) is 3.70. The van der Waals surface area contributed by atoms with Gasteiger partial charge in [-0.3, -0.25) is 10.1 Å². The maximum atomic E-state index is 11.9. The zero-order valence-electron chi connectivity index (χ0n) is 11.1. The monoisotopic (exact) mass is 299 g/mol. The molecule has 1 heterocycles. The van der Waals surface area contributed by atoms with Crippen molar-refractivity contribution >= 4 is 38.3 Å². The Labute approximate surface area is 125 Å². The molecule has 1 aromatic heterocycles. The van der Waals surface area contributed by atoms with Gasteiger partial charge in [0.15, 0.2) is 11.7 Å². The summed E-state index contributed by atoms with van der Waals surface area (Å²) in [6.07, 6.45) is 0. The van der Waals surface area contributed by atoms with Crippen LogP contribution in [-0.2, 0) is 4.79 Å². The molecule has 1 amide bonds. The van der Waals surface area contributed by atoms with Crippen molar-refractivity contribution in [3.05, 3.63) is 48.5 Å². The molecule has 0 bridgehead atoms. The van der Waals surface area contributed by atoms with Gasteiger partial charge in [-0.2, -0.15) is 0 Å². The number of nitrogens with zero attached hydrogens (tertiary/aromatic N) is 1. The summed E-state index contributed by atoms with van der Waals surface area (Å²) < 4.78 is 6.41. The Morgan fingerprint density at radius 2 is 1.95 bits per heavy atom. The van der Waals surface area contributed by atoms with E-state index in [9.17, 15) is 4.79 Å². The van der Waals surface area contributed by atoms with E-state index in [2.05, 4.69) is 10.3 Å². The molecular weight excluding hydrogens is 286 g/mol. The predicted octanol–water partition coefficient (Wildman–Crippen LogP) is 2.90. The van der Waals surface area contributed by atoms with Crippen molar-refractivity contribution in [1.29, 1.82) is 0 Å². The van der Waals surface area contributed by atoms with E-state index in [4.69, 9.17) is 10.5 Å². The number of ether oxygens (including phenoxy) is 1. The summed E-state index contributed by atoms with van der Waals surface area (Å²) in [5.41, 5.74) is 7.11. The first-order chi connectivity index (χ1) is 10.2. The van der Waals surface area contributed by atoms with Crippen LogP contribution in [-0.4, -0.2) is 17.5 Å². The molecule has 0 aliphatic heterocycles. The fourth-order valence-electron chi connectivity index (χ4n) is 1.84. The van der Waals surface area contributed by atoms with Crippen LogP contribution < -0.4 is 15.8 Å². The zero-order chi connectivity index (χ0) is 14.7. The summed E-state index contributed by atoms with van der Waals surface area (Å²) >= 11 is 1.43. The van der Waals surface area contributed by atoms with Crippen LogP contribution in [0.3, 0.4) is 0 Å². The number of nitrogens with one attached hydrogen (secondary N) is 1. The van der Waals surface area contributed by atoms with Gasteiger partial charge in [-0.1, -0.05) is 35.6 Å². The van der Waals surface area contributed by atoms with Crippen LogP contribution >= 0.6 is 11.3 Å². The standard InChI is InChI=1S/C15H13N3O2S/c16-10-5-1-3-7-12(10)20-9-14(19)18-15-17-11-6-2-4-8-13(11)21-15/h1-8H,9,16H2,(H,17,18,19). The van der Waals surface area contributed by atoms with Gasteiger partial charge in [0.1, 0.15) is 5.75 Å². The molecular formula is C15H13N3O2S. The molecule has 3 rings (SSSR count). The molecule has 21 heavy (non-hydrogen) atoms. The molecule has 106 valence electrons. The number of aromatic nitrogens is 1. The van der Waals surface area contributed by atoms with Crippen LogP contribution in [0.5, 0.6) is 5.75 Å². The molecule has 0 unspecified atom stereocenters. The van der Waals surface area contributed by atoms with Crippen molar-refractivity contribution in [3.63, 3.8) is 0 Å². The first-order valence-corrected chi connectivity index (χ1v) is 7.17. The minimum Gasteiger partial charge on any atom is -0.482 e. The average Bonchev–Trinajstić information content (AvgIpc) is 2.88. The highest BCUT2D eigenvalue weighted by atomic mass is 32.1. The molecule has 0 radical (unpaired) electrons. The molecule has 0 aliphatic carbocycles. The van der Waals surface area contributed by atoms with E-state index >= 15 is 0 Å². The number of hydrogen-bond acceptors (Lipinski definition) is 5. The lowest BCUT2D eigenvalue weighted by atomic mass is 10.3. The number of anilines is 2. The van der Waals surface area contributed by atoms with Gasteiger partial charge in [-0.15, -0.1) is 0 Å². The van der Waals surface area contributed by atoms with Crippen molar-refractivity contribution in [1.82, 2.24) is 4.98 Å². The number of fused-ring (bicyclic) bond motifs is 1. The summed E-state index contributed by atoms with van der Waals surface area (Å²) in [5.74, 6) is 0.231.